The number of nitrogens with zero attached hydrogens (tertiary/aromatic N) is 6. The van der Waals surface area contributed by atoms with E-state index < -0.39 is 0 Å². The van der Waals surface area contributed by atoms with Crippen LogP contribution in [0.4, 0.5) is 17.1 Å². The highest BCUT2D eigenvalue weighted by Gasteiger charge is 2.32. The van der Waals surface area contributed by atoms with Gasteiger partial charge in [-0.05, 0) is 105 Å². The molecule has 0 spiro atoms. The van der Waals surface area contributed by atoms with Crippen molar-refractivity contribution in [3.8, 4) is 26.8 Å². The molecule has 9 aromatic rings. The molecule has 0 unspecified atom stereocenters. The fraction of sp³-hybridized carbons (Fsp3) is 0.0816. The van der Waals surface area contributed by atoms with Crippen LogP contribution in [0, 0.1) is 0 Å². The van der Waals surface area contributed by atoms with E-state index in [1.165, 1.54) is 20.6 Å². The number of imidazole rings is 1. The van der Waals surface area contributed by atoms with Gasteiger partial charge in [-0.2, -0.15) is 4.57 Å². The summed E-state index contributed by atoms with van der Waals surface area (Å²) in [4.78, 5) is 14.7. The smallest absolute Gasteiger partial charge is 0.287 e. The lowest BCUT2D eigenvalue weighted by molar-refractivity contribution is -0.670. The van der Waals surface area contributed by atoms with E-state index in [0.717, 1.165) is 79.5 Å². The first-order valence-corrected chi connectivity index (χ1v) is 21.0. The van der Waals surface area contributed by atoms with Crippen LogP contribution in [0.25, 0.3) is 64.4 Å². The van der Waals surface area contributed by atoms with Crippen molar-refractivity contribution < 1.29 is 28.5 Å². The molecule has 0 bridgehead atoms. The van der Waals surface area contributed by atoms with Crippen LogP contribution >= 0.6 is 22.7 Å². The predicted molar refractivity (Wildman–Crippen MR) is 241 cm³/mol. The first kappa shape index (κ1) is 37.7. The van der Waals surface area contributed by atoms with Gasteiger partial charge in [0.25, 0.3) is 5.82 Å². The summed E-state index contributed by atoms with van der Waals surface area (Å²) in [6.45, 7) is 6.08. The van der Waals surface area contributed by atoms with E-state index in [-0.39, 0.29) is 24.0 Å². The number of halogens is 1. The second kappa shape index (κ2) is 16.2. The van der Waals surface area contributed by atoms with Crippen LogP contribution in [0.2, 0.25) is 0 Å². The van der Waals surface area contributed by atoms with Gasteiger partial charge in [0.15, 0.2) is 11.0 Å². The van der Waals surface area contributed by atoms with Crippen LogP contribution in [0.5, 0.6) is 0 Å². The first-order chi connectivity index (χ1) is 28.2. The molecule has 0 amide bonds. The van der Waals surface area contributed by atoms with E-state index in [4.69, 9.17) is 9.97 Å². The van der Waals surface area contributed by atoms with Crippen molar-refractivity contribution in [3.63, 3.8) is 0 Å². The number of hydrogen-bond acceptors (Lipinski definition) is 6. The average Bonchev–Trinajstić information content (AvgIpc) is 4.04. The predicted octanol–water partition coefficient (Wildman–Crippen LogP) is 9.58. The fourth-order valence-corrected chi connectivity index (χ4v) is 9.81. The monoisotopic (exact) mass is 902 g/mol. The van der Waals surface area contributed by atoms with E-state index >= 15 is 0 Å². The Bertz CT molecular complexity index is 2950. The third kappa shape index (κ3) is 6.72. The van der Waals surface area contributed by atoms with Crippen molar-refractivity contribution in [2.75, 3.05) is 16.3 Å². The second-order valence-corrected chi connectivity index (χ2v) is 15.9. The summed E-state index contributed by atoms with van der Waals surface area (Å²) >= 11 is 3.48. The van der Waals surface area contributed by atoms with Gasteiger partial charge in [0.1, 0.15) is 21.5 Å². The number of para-hydroxylation sites is 4. The zero-order chi connectivity index (χ0) is 38.3. The Hall–Kier alpha value is -5.88. The lowest BCUT2D eigenvalue weighted by Crippen LogP contribution is -3.00. The Morgan fingerprint density at radius 3 is 1.84 bits per heavy atom. The molecular weight excluding hydrogens is 864 g/mol. The van der Waals surface area contributed by atoms with E-state index in [1.807, 2.05) is 0 Å². The number of thiazole rings is 2. The van der Waals surface area contributed by atoms with Gasteiger partial charge >= 0.3 is 0 Å². The Balaban J connectivity index is 0.00000436. The molecule has 3 aromatic heterocycles. The summed E-state index contributed by atoms with van der Waals surface area (Å²) in [5.41, 5.74) is 11.3. The van der Waals surface area contributed by atoms with Crippen LogP contribution in [-0.4, -0.2) is 21.1 Å². The van der Waals surface area contributed by atoms with Gasteiger partial charge in [0, 0.05) is 29.4 Å². The van der Waals surface area contributed by atoms with Crippen molar-refractivity contribution in [3.05, 3.63) is 182 Å². The van der Waals surface area contributed by atoms with E-state index in [0.29, 0.717) is 0 Å². The molecule has 0 atom stereocenters. The number of hydrogen-bond donors (Lipinski definition) is 0. The topological polar surface area (TPSA) is 41.1 Å². The molecule has 10 rings (SSSR count). The molecule has 9 heteroatoms. The number of fused-ring (bicyclic) bond motifs is 4. The van der Waals surface area contributed by atoms with Gasteiger partial charge in [-0.3, -0.25) is 4.90 Å². The lowest BCUT2D eigenvalue weighted by Gasteiger charge is -2.24. The zero-order valence-electron chi connectivity index (χ0n) is 32.0. The van der Waals surface area contributed by atoms with E-state index in [1.54, 1.807) is 22.7 Å². The Morgan fingerprint density at radius 1 is 0.603 bits per heavy atom. The third-order valence-corrected chi connectivity index (χ3v) is 12.7. The summed E-state index contributed by atoms with van der Waals surface area (Å²) < 4.78 is 7.16. The van der Waals surface area contributed by atoms with Gasteiger partial charge < -0.3 is 28.9 Å². The molecule has 0 fully saturated rings. The van der Waals surface area contributed by atoms with Crippen LogP contribution in [0.15, 0.2) is 176 Å². The first-order valence-electron chi connectivity index (χ1n) is 19.4. The minimum Gasteiger partial charge on any atom is -1.00 e. The molecule has 1 aliphatic rings. The number of rotatable bonds is 9. The number of benzene rings is 6. The maximum Gasteiger partial charge on any atom is 0.287 e. The van der Waals surface area contributed by atoms with Gasteiger partial charge in [-0.25, -0.2) is 14.5 Å². The number of aryl methyl sites for hydroxylation is 1. The highest BCUT2D eigenvalue weighted by atomic mass is 127. The highest BCUT2D eigenvalue weighted by Crippen LogP contribution is 2.48. The number of aromatic nitrogens is 4. The maximum atomic E-state index is 4.98. The zero-order valence-corrected chi connectivity index (χ0v) is 35.8. The summed E-state index contributed by atoms with van der Waals surface area (Å²) in [5.74, 6) is 2.21. The normalized spacial score (nSPS) is 13.5. The van der Waals surface area contributed by atoms with Gasteiger partial charge in [-0.15, -0.1) is 22.7 Å². The molecule has 58 heavy (non-hydrogen) atoms. The Kier molecular flexibility index (Phi) is 10.5. The lowest BCUT2D eigenvalue weighted by atomic mass is 10.1. The summed E-state index contributed by atoms with van der Waals surface area (Å²) in [6.07, 6.45) is 10.9. The van der Waals surface area contributed by atoms with Crippen molar-refractivity contribution >= 4 is 77.3 Å². The number of allylic oxidation sites excluding steroid dienone is 4. The molecule has 0 radical (unpaired) electrons. The summed E-state index contributed by atoms with van der Waals surface area (Å²) in [5, 5.41) is 2.07. The minimum absolute atomic E-state index is 0. The van der Waals surface area contributed by atoms with Crippen LogP contribution < -0.4 is 38.3 Å². The Labute approximate surface area is 363 Å². The molecule has 0 saturated heterocycles. The molecule has 4 heterocycles. The molecule has 284 valence electrons. The van der Waals surface area contributed by atoms with E-state index in [9.17, 15) is 0 Å². The van der Waals surface area contributed by atoms with Gasteiger partial charge in [-0.1, -0.05) is 78.9 Å². The molecule has 6 nitrogen and oxygen atoms in total. The molecular formula is C49H39IN6S2. The summed E-state index contributed by atoms with van der Waals surface area (Å²) in [6, 6.07) is 51.5. The standard InChI is InChI=1S/C49H39N6S2.HI/c1-3-52-42-32-34(48-50-38-22-14-16-24-44(38)56-48)28-30-40(42)54(36-18-8-5-9-19-36)46(52)26-12-7-13-27-47-53(4-2)43-33-35(49-51-39-23-15-17-25-45(39)57-49)29-31-41(43)55(47)37-20-10-6-11-21-37;/h5-33H,3-4H2,1-2H3;1H/q+1;/p-1. The maximum absolute atomic E-state index is 4.98. The number of anilines is 3. The highest BCUT2D eigenvalue weighted by molar-refractivity contribution is 7.22. The van der Waals surface area contributed by atoms with Crippen LogP contribution in [0.3, 0.4) is 0 Å². The minimum atomic E-state index is 0. The molecule has 6 aromatic carbocycles. The molecule has 0 saturated carbocycles. The average molecular weight is 903 g/mol. The van der Waals surface area contributed by atoms with Crippen molar-refractivity contribution in [2.24, 2.45) is 0 Å². The summed E-state index contributed by atoms with van der Waals surface area (Å²) in [7, 11) is 0. The van der Waals surface area contributed by atoms with Crippen LogP contribution in [-0.2, 0) is 6.54 Å². The van der Waals surface area contributed by atoms with Gasteiger partial charge in [0.05, 0.1) is 38.4 Å². The van der Waals surface area contributed by atoms with Crippen molar-refractivity contribution in [1.82, 2.24) is 14.5 Å². The van der Waals surface area contributed by atoms with Crippen molar-refractivity contribution in [2.45, 2.75) is 20.4 Å². The van der Waals surface area contributed by atoms with Crippen molar-refractivity contribution in [1.29, 1.82) is 0 Å². The fourth-order valence-electron chi connectivity index (χ4n) is 7.89. The largest absolute Gasteiger partial charge is 1.00 e. The molecule has 0 N–H and O–H groups in total. The Morgan fingerprint density at radius 2 is 1.21 bits per heavy atom. The van der Waals surface area contributed by atoms with Crippen LogP contribution in [0.1, 0.15) is 19.7 Å². The van der Waals surface area contributed by atoms with E-state index in [2.05, 4.69) is 209 Å². The molecule has 0 aliphatic carbocycles. The van der Waals surface area contributed by atoms with Gasteiger partial charge in [0.2, 0.25) is 0 Å². The SMILES string of the molecule is CCN1/C(=C/C=C/C=C/c2n(-c3ccccc3)c3ccc(-c4nc5ccccc5s4)cc3[n+]2CC)N(c2ccccc2)c2ccc(-c3nc4ccccc4s3)cc21.[I-]. The molecule has 1 aliphatic heterocycles. The second-order valence-electron chi connectivity index (χ2n) is 13.8. The third-order valence-electron chi connectivity index (χ3n) is 10.5. The quantitative estimate of drug-likeness (QED) is 0.0823.